The first-order valence-corrected chi connectivity index (χ1v) is 12.5. The molecular formula is C31H32N2O6. The Labute approximate surface area is 227 Å². The number of ether oxygens (including phenoxy) is 2. The minimum Gasteiger partial charge on any atom is -0.507 e. The summed E-state index contributed by atoms with van der Waals surface area (Å²) in [4.78, 5) is 39.9. The molecule has 1 saturated heterocycles. The molecule has 0 aliphatic carbocycles. The van der Waals surface area contributed by atoms with Crippen molar-refractivity contribution in [3.8, 4) is 11.5 Å². The van der Waals surface area contributed by atoms with Crippen molar-refractivity contribution in [2.45, 2.75) is 39.2 Å². The predicted octanol–water partition coefficient (Wildman–Crippen LogP) is 5.59. The van der Waals surface area contributed by atoms with Crippen LogP contribution in [0.3, 0.4) is 0 Å². The maximum Gasteiger partial charge on any atom is 0.300 e. The summed E-state index contributed by atoms with van der Waals surface area (Å²) in [7, 11) is 3.01. The van der Waals surface area contributed by atoms with Gasteiger partial charge in [-0.25, -0.2) is 0 Å². The van der Waals surface area contributed by atoms with Crippen LogP contribution < -0.4 is 19.7 Å². The molecule has 1 aliphatic rings. The van der Waals surface area contributed by atoms with E-state index < -0.39 is 17.7 Å². The van der Waals surface area contributed by atoms with Gasteiger partial charge in [-0.05, 0) is 65.1 Å². The summed E-state index contributed by atoms with van der Waals surface area (Å²) >= 11 is 0. The molecule has 0 saturated carbocycles. The maximum atomic E-state index is 13.6. The van der Waals surface area contributed by atoms with Gasteiger partial charge in [0.15, 0.2) is 0 Å². The van der Waals surface area contributed by atoms with Gasteiger partial charge in [0.2, 0.25) is 5.91 Å². The molecule has 2 N–H and O–H groups in total. The quantitative estimate of drug-likeness (QED) is 0.246. The molecule has 0 spiro atoms. The molecule has 2 amide bonds. The van der Waals surface area contributed by atoms with Gasteiger partial charge in [-0.15, -0.1) is 0 Å². The highest BCUT2D eigenvalue weighted by Crippen LogP contribution is 2.44. The Morgan fingerprint density at radius 2 is 1.64 bits per heavy atom. The first-order chi connectivity index (χ1) is 18.5. The summed E-state index contributed by atoms with van der Waals surface area (Å²) in [6, 6.07) is 18.1. The van der Waals surface area contributed by atoms with E-state index in [-0.39, 0.29) is 22.7 Å². The number of methoxy groups -OCH3 is 2. The molecule has 8 nitrogen and oxygen atoms in total. The van der Waals surface area contributed by atoms with E-state index in [1.165, 1.54) is 26.0 Å². The molecule has 3 aromatic rings. The van der Waals surface area contributed by atoms with Gasteiger partial charge in [-0.1, -0.05) is 39.0 Å². The van der Waals surface area contributed by atoms with E-state index in [9.17, 15) is 19.5 Å². The highest BCUT2D eigenvalue weighted by molar-refractivity contribution is 6.51. The lowest BCUT2D eigenvalue weighted by molar-refractivity contribution is -0.132. The number of hydrogen-bond acceptors (Lipinski definition) is 6. The number of carbonyl (C=O) groups excluding carboxylic acids is 3. The molecule has 0 aromatic heterocycles. The predicted molar refractivity (Wildman–Crippen MR) is 150 cm³/mol. The topological polar surface area (TPSA) is 105 Å². The average molecular weight is 529 g/mol. The Bertz CT molecular complexity index is 1470. The standard InChI is InChI=1S/C31H32N2O6/c1-18(34)32-21-11-13-22(14-12-21)33-27(19-8-7-9-23(16-19)38-5)26(29(36)30(33)37)28(35)24-17-20(31(2,3)4)10-15-25(24)39-6/h7-17,27,35H,1-6H3,(H,32,34)/b28-26+. The first-order valence-electron chi connectivity index (χ1n) is 12.5. The van der Waals surface area contributed by atoms with Crippen LogP contribution in [-0.2, 0) is 19.8 Å². The third-order valence-electron chi connectivity index (χ3n) is 6.64. The fourth-order valence-electron chi connectivity index (χ4n) is 4.64. The van der Waals surface area contributed by atoms with Crippen molar-refractivity contribution < 1.29 is 29.0 Å². The van der Waals surface area contributed by atoms with Gasteiger partial charge in [-0.2, -0.15) is 0 Å². The minimum absolute atomic E-state index is 0.0662. The SMILES string of the molecule is COc1cccc(C2/C(=C(\O)c3cc(C(C)(C)C)ccc3OC)C(=O)C(=O)N2c2ccc(NC(C)=O)cc2)c1. The van der Waals surface area contributed by atoms with Crippen LogP contribution in [0.25, 0.3) is 5.76 Å². The van der Waals surface area contributed by atoms with Gasteiger partial charge in [0.05, 0.1) is 31.4 Å². The van der Waals surface area contributed by atoms with Crippen molar-refractivity contribution in [3.05, 3.63) is 89.0 Å². The molecule has 202 valence electrons. The third kappa shape index (κ3) is 5.36. The summed E-state index contributed by atoms with van der Waals surface area (Å²) in [5.74, 6) is -1.27. The molecular weight excluding hydrogens is 496 g/mol. The Morgan fingerprint density at radius 1 is 0.949 bits per heavy atom. The Morgan fingerprint density at radius 3 is 2.23 bits per heavy atom. The third-order valence-corrected chi connectivity index (χ3v) is 6.64. The van der Waals surface area contributed by atoms with Gasteiger partial charge >= 0.3 is 0 Å². The van der Waals surface area contributed by atoms with E-state index >= 15 is 0 Å². The number of carbonyl (C=O) groups is 3. The number of nitrogens with zero attached hydrogens (tertiary/aromatic N) is 1. The average Bonchev–Trinajstić information content (AvgIpc) is 3.17. The Kier molecular flexibility index (Phi) is 7.49. The van der Waals surface area contributed by atoms with Crippen LogP contribution in [0.4, 0.5) is 11.4 Å². The zero-order chi connectivity index (χ0) is 28.5. The number of ketones is 1. The van der Waals surface area contributed by atoms with Crippen LogP contribution in [0.1, 0.15) is 50.4 Å². The number of Topliss-reactive ketones (excluding diaryl/α,β-unsaturated/α-hetero) is 1. The number of rotatable bonds is 6. The Balaban J connectivity index is 1.96. The number of nitrogens with one attached hydrogen (secondary N) is 1. The molecule has 0 radical (unpaired) electrons. The summed E-state index contributed by atoms with van der Waals surface area (Å²) in [5, 5.41) is 14.4. The van der Waals surface area contributed by atoms with Crippen LogP contribution in [0, 0.1) is 0 Å². The number of benzene rings is 3. The number of aliphatic hydroxyl groups is 1. The monoisotopic (exact) mass is 528 g/mol. The molecule has 1 unspecified atom stereocenters. The highest BCUT2D eigenvalue weighted by atomic mass is 16.5. The van der Waals surface area contributed by atoms with Gasteiger partial charge in [0.1, 0.15) is 17.3 Å². The van der Waals surface area contributed by atoms with Crippen LogP contribution in [-0.4, -0.2) is 36.9 Å². The zero-order valence-corrected chi connectivity index (χ0v) is 22.9. The summed E-state index contributed by atoms with van der Waals surface area (Å²) < 4.78 is 10.9. The largest absolute Gasteiger partial charge is 0.507 e. The van der Waals surface area contributed by atoms with E-state index in [1.807, 2.05) is 26.8 Å². The molecule has 3 aromatic carbocycles. The molecule has 1 fully saturated rings. The molecule has 1 aliphatic heterocycles. The fourth-order valence-corrected chi connectivity index (χ4v) is 4.64. The van der Waals surface area contributed by atoms with Crippen molar-refractivity contribution >= 4 is 34.7 Å². The van der Waals surface area contributed by atoms with Crippen molar-refractivity contribution in [2.24, 2.45) is 0 Å². The van der Waals surface area contributed by atoms with Gasteiger partial charge in [0, 0.05) is 18.3 Å². The van der Waals surface area contributed by atoms with E-state index in [2.05, 4.69) is 5.32 Å². The second kappa shape index (κ2) is 10.6. The first kappa shape index (κ1) is 27.4. The molecule has 39 heavy (non-hydrogen) atoms. The number of amides is 2. The Hall–Kier alpha value is -4.59. The number of anilines is 2. The molecule has 1 heterocycles. The smallest absolute Gasteiger partial charge is 0.300 e. The van der Waals surface area contributed by atoms with Crippen molar-refractivity contribution in [2.75, 3.05) is 24.4 Å². The molecule has 4 rings (SSSR count). The van der Waals surface area contributed by atoms with Crippen LogP contribution in [0.5, 0.6) is 11.5 Å². The lowest BCUT2D eigenvalue weighted by Crippen LogP contribution is -2.29. The van der Waals surface area contributed by atoms with Gasteiger partial charge < -0.3 is 19.9 Å². The van der Waals surface area contributed by atoms with E-state index in [1.54, 1.807) is 60.7 Å². The fraction of sp³-hybridized carbons (Fsp3) is 0.258. The van der Waals surface area contributed by atoms with Crippen molar-refractivity contribution in [3.63, 3.8) is 0 Å². The lowest BCUT2D eigenvalue weighted by atomic mass is 9.85. The number of aliphatic hydroxyl groups excluding tert-OH is 1. The lowest BCUT2D eigenvalue weighted by Gasteiger charge is -2.26. The summed E-state index contributed by atoms with van der Waals surface area (Å²) in [5.41, 5.74) is 2.48. The van der Waals surface area contributed by atoms with E-state index in [0.717, 1.165) is 5.56 Å². The molecule has 8 heteroatoms. The van der Waals surface area contributed by atoms with Gasteiger partial charge in [0.25, 0.3) is 11.7 Å². The summed E-state index contributed by atoms with van der Waals surface area (Å²) in [6.45, 7) is 7.52. The van der Waals surface area contributed by atoms with Crippen LogP contribution in [0.15, 0.2) is 72.3 Å². The normalized spacial score (nSPS) is 16.8. The number of hydrogen-bond donors (Lipinski definition) is 2. The maximum absolute atomic E-state index is 13.6. The summed E-state index contributed by atoms with van der Waals surface area (Å²) in [6.07, 6.45) is 0. The van der Waals surface area contributed by atoms with Crippen LogP contribution >= 0.6 is 0 Å². The van der Waals surface area contributed by atoms with E-state index in [4.69, 9.17) is 9.47 Å². The van der Waals surface area contributed by atoms with Crippen LogP contribution in [0.2, 0.25) is 0 Å². The van der Waals surface area contributed by atoms with Crippen molar-refractivity contribution in [1.29, 1.82) is 0 Å². The van der Waals surface area contributed by atoms with Gasteiger partial charge in [-0.3, -0.25) is 19.3 Å². The van der Waals surface area contributed by atoms with E-state index in [0.29, 0.717) is 34.0 Å². The minimum atomic E-state index is -0.949. The van der Waals surface area contributed by atoms with Crippen molar-refractivity contribution in [1.82, 2.24) is 0 Å². The highest BCUT2D eigenvalue weighted by Gasteiger charge is 2.47. The molecule has 1 atom stereocenters. The molecule has 0 bridgehead atoms. The zero-order valence-electron chi connectivity index (χ0n) is 22.9. The second-order valence-corrected chi connectivity index (χ2v) is 10.3. The second-order valence-electron chi connectivity index (χ2n) is 10.3.